The van der Waals surface area contributed by atoms with Crippen molar-refractivity contribution in [3.63, 3.8) is 0 Å². The minimum Gasteiger partial charge on any atom is -0.404 e. The molecule has 2 aromatic rings. The number of hydrogen-bond donors (Lipinski definition) is 0. The van der Waals surface area contributed by atoms with Crippen molar-refractivity contribution in [2.45, 2.75) is 32.1 Å². The minimum absolute atomic E-state index is 0.286. The fourth-order valence-corrected chi connectivity index (χ4v) is 2.47. The predicted molar refractivity (Wildman–Crippen MR) is 78.3 cm³/mol. The average Bonchev–Trinajstić information content (AvgIpc) is 2.95. The molecule has 0 radical (unpaired) electrons. The Morgan fingerprint density at radius 1 is 1.20 bits per heavy atom. The first kappa shape index (κ1) is 14.6. The van der Waals surface area contributed by atoms with Gasteiger partial charge in [-0.2, -0.15) is 0 Å². The minimum atomic E-state index is -0.565. The Hall–Kier alpha value is -1.81. The van der Waals surface area contributed by atoms with Crippen LogP contribution >= 0.6 is 11.6 Å². The summed E-state index contributed by atoms with van der Waals surface area (Å²) >= 11 is 6.36. The topological polar surface area (TPSA) is 56.3 Å². The summed E-state index contributed by atoms with van der Waals surface area (Å²) in [6.45, 7) is 4.21. The summed E-state index contributed by atoms with van der Waals surface area (Å²) in [6, 6.07) is 8.93. The summed E-state index contributed by atoms with van der Waals surface area (Å²) in [5, 5.41) is 10.1. The van der Waals surface area contributed by atoms with Crippen LogP contribution < -0.4 is 0 Å². The summed E-state index contributed by atoms with van der Waals surface area (Å²) in [7, 11) is 0. The van der Waals surface area contributed by atoms with E-state index in [9.17, 15) is 10.1 Å². The van der Waals surface area contributed by atoms with E-state index in [0.29, 0.717) is 5.76 Å². The van der Waals surface area contributed by atoms with Gasteiger partial charge >= 0.3 is 5.88 Å². The third-order valence-corrected chi connectivity index (χ3v) is 3.79. The van der Waals surface area contributed by atoms with Crippen molar-refractivity contribution in [3.05, 3.63) is 62.9 Å². The van der Waals surface area contributed by atoms with Crippen molar-refractivity contribution in [2.24, 2.45) is 0 Å². The van der Waals surface area contributed by atoms with Gasteiger partial charge in [0.2, 0.25) is 0 Å². The average molecular weight is 294 g/mol. The van der Waals surface area contributed by atoms with E-state index in [-0.39, 0.29) is 5.88 Å². The number of rotatable bonds is 5. The standard InChI is InChI=1S/C15H16ClNO3/c1-3-10-5-6-12(9-11(10)4-2)15(16)13-7-8-14(20-13)17(18)19/h5-9,15H,3-4H2,1-2H3. The van der Waals surface area contributed by atoms with Crippen molar-refractivity contribution in [1.82, 2.24) is 0 Å². The van der Waals surface area contributed by atoms with Gasteiger partial charge < -0.3 is 4.42 Å². The number of benzene rings is 1. The maximum Gasteiger partial charge on any atom is 0.433 e. The second-order valence-electron chi connectivity index (χ2n) is 4.53. The number of hydrogen-bond acceptors (Lipinski definition) is 3. The molecular weight excluding hydrogens is 278 g/mol. The summed E-state index contributed by atoms with van der Waals surface area (Å²) in [4.78, 5) is 10.1. The van der Waals surface area contributed by atoms with Crippen LogP contribution in [0, 0.1) is 10.1 Å². The highest BCUT2D eigenvalue weighted by molar-refractivity contribution is 6.22. The molecule has 0 aliphatic rings. The molecule has 0 spiro atoms. The van der Waals surface area contributed by atoms with Gasteiger partial charge in [-0.05, 0) is 35.6 Å². The van der Waals surface area contributed by atoms with Gasteiger partial charge in [0.15, 0.2) is 0 Å². The lowest BCUT2D eigenvalue weighted by Gasteiger charge is -2.11. The molecule has 0 amide bonds. The number of alkyl halides is 1. The first-order valence-corrected chi connectivity index (χ1v) is 7.00. The molecule has 1 atom stereocenters. The van der Waals surface area contributed by atoms with E-state index in [0.717, 1.165) is 18.4 Å². The van der Waals surface area contributed by atoms with E-state index in [2.05, 4.69) is 19.9 Å². The third-order valence-electron chi connectivity index (χ3n) is 3.33. The van der Waals surface area contributed by atoms with Gasteiger partial charge in [0, 0.05) is 0 Å². The van der Waals surface area contributed by atoms with Crippen molar-refractivity contribution >= 4 is 17.5 Å². The van der Waals surface area contributed by atoms with E-state index in [1.54, 1.807) is 6.07 Å². The number of aryl methyl sites for hydroxylation is 2. The van der Waals surface area contributed by atoms with E-state index in [1.807, 2.05) is 12.1 Å². The highest BCUT2D eigenvalue weighted by Crippen LogP contribution is 2.33. The fourth-order valence-electron chi connectivity index (χ4n) is 2.22. The molecule has 0 saturated carbocycles. The van der Waals surface area contributed by atoms with E-state index in [4.69, 9.17) is 16.0 Å². The van der Waals surface area contributed by atoms with Crippen molar-refractivity contribution < 1.29 is 9.34 Å². The molecule has 106 valence electrons. The van der Waals surface area contributed by atoms with Crippen molar-refractivity contribution in [2.75, 3.05) is 0 Å². The molecule has 2 rings (SSSR count). The second kappa shape index (κ2) is 6.09. The third kappa shape index (κ3) is 2.85. The first-order chi connectivity index (χ1) is 9.56. The van der Waals surface area contributed by atoms with Gasteiger partial charge in [0.25, 0.3) is 0 Å². The summed E-state index contributed by atoms with van der Waals surface area (Å²) in [5.41, 5.74) is 3.44. The molecule has 20 heavy (non-hydrogen) atoms. The van der Waals surface area contributed by atoms with Crippen LogP contribution in [0.3, 0.4) is 0 Å². The lowest BCUT2D eigenvalue weighted by Crippen LogP contribution is -1.97. The Kier molecular flexibility index (Phi) is 4.45. The number of nitrogens with zero attached hydrogens (tertiary/aromatic N) is 1. The Bertz CT molecular complexity index is 621. The van der Waals surface area contributed by atoms with Crippen LogP contribution in [-0.4, -0.2) is 4.92 Å². The first-order valence-electron chi connectivity index (χ1n) is 6.56. The smallest absolute Gasteiger partial charge is 0.404 e. The number of halogens is 1. The molecule has 1 heterocycles. The normalized spacial score (nSPS) is 12.3. The molecular formula is C15H16ClNO3. The van der Waals surface area contributed by atoms with Crippen LogP contribution in [0.25, 0.3) is 0 Å². The highest BCUT2D eigenvalue weighted by Gasteiger charge is 2.20. The Balaban J connectivity index is 2.32. The van der Waals surface area contributed by atoms with Gasteiger partial charge in [-0.15, -0.1) is 11.6 Å². The predicted octanol–water partition coefficient (Wildman–Crippen LogP) is 4.64. The van der Waals surface area contributed by atoms with Crippen LogP contribution in [0.4, 0.5) is 5.88 Å². The summed E-state index contributed by atoms with van der Waals surface area (Å²) in [5.74, 6) is 0.108. The zero-order valence-corrected chi connectivity index (χ0v) is 12.2. The second-order valence-corrected chi connectivity index (χ2v) is 4.97. The van der Waals surface area contributed by atoms with E-state index in [1.165, 1.54) is 17.2 Å². The molecule has 0 bridgehead atoms. The van der Waals surface area contributed by atoms with Crippen molar-refractivity contribution in [3.8, 4) is 0 Å². The Morgan fingerprint density at radius 3 is 2.45 bits per heavy atom. The van der Waals surface area contributed by atoms with Crippen LogP contribution in [0.5, 0.6) is 0 Å². The lowest BCUT2D eigenvalue weighted by molar-refractivity contribution is -0.402. The Morgan fingerprint density at radius 2 is 1.90 bits per heavy atom. The summed E-state index contributed by atoms with van der Waals surface area (Å²) in [6.07, 6.45) is 1.90. The van der Waals surface area contributed by atoms with Crippen LogP contribution in [0.1, 0.15) is 41.7 Å². The quantitative estimate of drug-likeness (QED) is 0.458. The molecule has 0 aliphatic carbocycles. The molecule has 0 aliphatic heterocycles. The van der Waals surface area contributed by atoms with Gasteiger partial charge in [-0.25, -0.2) is 0 Å². The van der Waals surface area contributed by atoms with Gasteiger partial charge in [-0.3, -0.25) is 10.1 Å². The Labute approximate surface area is 122 Å². The zero-order valence-electron chi connectivity index (χ0n) is 11.4. The van der Waals surface area contributed by atoms with Gasteiger partial charge in [0.1, 0.15) is 16.1 Å². The van der Waals surface area contributed by atoms with Crippen molar-refractivity contribution in [1.29, 1.82) is 0 Å². The molecule has 5 heteroatoms. The number of nitro groups is 1. The SMILES string of the molecule is CCc1ccc(C(Cl)c2ccc([N+](=O)[O-])o2)cc1CC. The van der Waals surface area contributed by atoms with E-state index < -0.39 is 10.3 Å². The molecule has 0 fully saturated rings. The number of furan rings is 1. The lowest BCUT2D eigenvalue weighted by atomic mass is 9.98. The molecule has 1 aromatic heterocycles. The maximum atomic E-state index is 10.6. The monoisotopic (exact) mass is 293 g/mol. The van der Waals surface area contributed by atoms with Gasteiger partial charge in [-0.1, -0.05) is 32.0 Å². The molecule has 4 nitrogen and oxygen atoms in total. The molecule has 1 unspecified atom stereocenters. The zero-order chi connectivity index (χ0) is 14.7. The van der Waals surface area contributed by atoms with Crippen LogP contribution in [0.2, 0.25) is 0 Å². The fraction of sp³-hybridized carbons (Fsp3) is 0.333. The highest BCUT2D eigenvalue weighted by atomic mass is 35.5. The molecule has 0 N–H and O–H groups in total. The maximum absolute atomic E-state index is 10.6. The molecule has 1 aromatic carbocycles. The van der Waals surface area contributed by atoms with Crippen LogP contribution in [0.15, 0.2) is 34.7 Å². The van der Waals surface area contributed by atoms with Crippen LogP contribution in [-0.2, 0) is 12.8 Å². The summed E-state index contributed by atoms with van der Waals surface area (Å²) < 4.78 is 5.16. The molecule has 0 saturated heterocycles. The van der Waals surface area contributed by atoms with E-state index >= 15 is 0 Å². The van der Waals surface area contributed by atoms with Gasteiger partial charge in [0.05, 0.1) is 6.07 Å². The largest absolute Gasteiger partial charge is 0.433 e.